The van der Waals surface area contributed by atoms with Crippen LogP contribution in [-0.2, 0) is 25.5 Å². The van der Waals surface area contributed by atoms with Crippen molar-refractivity contribution in [2.45, 2.75) is 75.5 Å². The normalized spacial score (nSPS) is 43.0. The van der Waals surface area contributed by atoms with Crippen LogP contribution in [0.1, 0.15) is 54.7 Å². The van der Waals surface area contributed by atoms with E-state index in [0.717, 1.165) is 21.4 Å². The number of allylic oxidation sites excluding steroid dienone is 4. The van der Waals surface area contributed by atoms with Gasteiger partial charge in [0, 0.05) is 40.4 Å². The zero-order valence-electron chi connectivity index (χ0n) is 23.8. The topological polar surface area (TPSA) is 132 Å². The standard InChI is InChI=1S/C32H34F2N2O6S/c1-29-6-5-18(38)9-22(29)23(33)10-21-20-11-27-32(26(40)15-37,30(20,2)12-25(39)31(21,29)34)42-28(41-27)24-4-3-19(43-24)8-16-7-17(35)14-36-13-16/h3-7,9,13-14,20-21,23,25,27-28,37,39H,8,10-12,15,35H2,1-2H3/t20-,21-,23-,25-,27+,28+,29-,30-,31-,32+/m0/s1. The van der Waals surface area contributed by atoms with Gasteiger partial charge in [-0.3, -0.25) is 14.6 Å². The van der Waals surface area contributed by atoms with Crippen LogP contribution in [0.4, 0.5) is 14.5 Å². The summed E-state index contributed by atoms with van der Waals surface area (Å²) < 4.78 is 46.3. The Kier molecular flexibility index (Phi) is 6.44. The van der Waals surface area contributed by atoms with E-state index >= 15 is 8.78 Å². The minimum atomic E-state index is -2.29. The number of thiophene rings is 1. The monoisotopic (exact) mass is 612 g/mol. The predicted molar refractivity (Wildman–Crippen MR) is 153 cm³/mol. The van der Waals surface area contributed by atoms with E-state index in [-0.39, 0.29) is 24.8 Å². The van der Waals surface area contributed by atoms with Crippen LogP contribution >= 0.6 is 11.3 Å². The summed E-state index contributed by atoms with van der Waals surface area (Å²) in [6, 6.07) is 5.65. The van der Waals surface area contributed by atoms with Crippen molar-refractivity contribution in [1.29, 1.82) is 0 Å². The molecule has 2 aromatic rings. The van der Waals surface area contributed by atoms with E-state index in [1.807, 2.05) is 18.2 Å². The molecule has 0 amide bonds. The van der Waals surface area contributed by atoms with E-state index in [1.54, 1.807) is 19.3 Å². The zero-order valence-corrected chi connectivity index (χ0v) is 24.7. The second-order valence-electron chi connectivity index (χ2n) is 13.1. The Balaban J connectivity index is 1.23. The largest absolute Gasteiger partial charge is 0.397 e. The van der Waals surface area contributed by atoms with Gasteiger partial charge in [-0.15, -0.1) is 11.3 Å². The molecule has 4 fully saturated rings. The number of rotatable bonds is 5. The van der Waals surface area contributed by atoms with E-state index in [0.29, 0.717) is 12.1 Å². The maximum Gasteiger partial charge on any atom is 0.194 e. The molecule has 2 aromatic heterocycles. The van der Waals surface area contributed by atoms with Gasteiger partial charge in [0.05, 0.1) is 22.8 Å². The summed E-state index contributed by atoms with van der Waals surface area (Å²) in [4.78, 5) is 31.7. The van der Waals surface area contributed by atoms with E-state index in [4.69, 9.17) is 15.2 Å². The molecule has 0 radical (unpaired) electrons. The summed E-state index contributed by atoms with van der Waals surface area (Å²) in [5.41, 5.74) is 0.761. The first-order chi connectivity index (χ1) is 20.4. The highest BCUT2D eigenvalue weighted by atomic mass is 32.1. The number of carbonyl (C=O) groups excluding carboxylic acids is 2. The average molecular weight is 613 g/mol. The molecule has 4 aliphatic carbocycles. The summed E-state index contributed by atoms with van der Waals surface area (Å²) in [5, 5.41) is 21.8. The number of anilines is 1. The number of halogens is 2. The molecule has 3 heterocycles. The molecular weight excluding hydrogens is 578 g/mol. The molecule has 4 N–H and O–H groups in total. The Morgan fingerprint density at radius 3 is 2.77 bits per heavy atom. The number of nitrogens with two attached hydrogens (primary N) is 1. The molecule has 1 aliphatic heterocycles. The van der Waals surface area contributed by atoms with Gasteiger partial charge >= 0.3 is 0 Å². The number of alkyl halides is 2. The van der Waals surface area contributed by atoms with Crippen LogP contribution in [0, 0.1) is 22.7 Å². The lowest BCUT2D eigenvalue weighted by atomic mass is 9.44. The molecule has 7 rings (SSSR count). The molecule has 3 saturated carbocycles. The van der Waals surface area contributed by atoms with Gasteiger partial charge in [-0.05, 0) is 73.6 Å². The molecule has 0 aromatic carbocycles. The van der Waals surface area contributed by atoms with Crippen LogP contribution in [0.5, 0.6) is 0 Å². The van der Waals surface area contributed by atoms with Crippen LogP contribution in [0.3, 0.4) is 0 Å². The summed E-state index contributed by atoms with van der Waals surface area (Å²) in [5.74, 6) is -2.60. The van der Waals surface area contributed by atoms with E-state index in [9.17, 15) is 19.8 Å². The van der Waals surface area contributed by atoms with Crippen LogP contribution in [0.15, 0.2) is 54.4 Å². The number of nitrogens with zero attached hydrogens (tertiary/aromatic N) is 1. The lowest BCUT2D eigenvalue weighted by Crippen LogP contribution is -2.70. The second-order valence-corrected chi connectivity index (χ2v) is 14.3. The van der Waals surface area contributed by atoms with Crippen molar-refractivity contribution in [2.75, 3.05) is 12.3 Å². The van der Waals surface area contributed by atoms with E-state index in [1.165, 1.54) is 30.4 Å². The second kappa shape index (κ2) is 9.58. The zero-order chi connectivity index (χ0) is 30.5. The van der Waals surface area contributed by atoms with Crippen molar-refractivity contribution in [1.82, 2.24) is 4.98 Å². The van der Waals surface area contributed by atoms with Gasteiger partial charge in [-0.1, -0.05) is 13.0 Å². The van der Waals surface area contributed by atoms with Crippen molar-refractivity contribution in [3.63, 3.8) is 0 Å². The van der Waals surface area contributed by atoms with Gasteiger partial charge < -0.3 is 25.4 Å². The fourth-order valence-electron chi connectivity index (χ4n) is 9.12. The number of aliphatic hydroxyl groups excluding tert-OH is 2. The van der Waals surface area contributed by atoms with Gasteiger partial charge in [-0.2, -0.15) is 0 Å². The predicted octanol–water partition coefficient (Wildman–Crippen LogP) is 3.96. The van der Waals surface area contributed by atoms with Gasteiger partial charge in [0.25, 0.3) is 0 Å². The Labute approximate surface area is 251 Å². The lowest BCUT2D eigenvalue weighted by molar-refractivity contribution is -0.234. The van der Waals surface area contributed by atoms with E-state index in [2.05, 4.69) is 4.98 Å². The molecule has 43 heavy (non-hydrogen) atoms. The number of aromatic nitrogens is 1. The molecule has 228 valence electrons. The molecule has 0 unspecified atom stereocenters. The molecule has 5 aliphatic rings. The quantitative estimate of drug-likeness (QED) is 0.463. The summed E-state index contributed by atoms with van der Waals surface area (Å²) in [7, 11) is 0. The fraction of sp³-hybridized carbons (Fsp3) is 0.531. The molecule has 11 heteroatoms. The molecule has 10 atom stereocenters. The first-order valence-electron chi connectivity index (χ1n) is 14.6. The number of ether oxygens (including phenoxy) is 2. The van der Waals surface area contributed by atoms with Gasteiger partial charge in [-0.25, -0.2) is 8.78 Å². The number of fused-ring (bicyclic) bond motifs is 7. The smallest absolute Gasteiger partial charge is 0.194 e. The highest BCUT2D eigenvalue weighted by Gasteiger charge is 2.80. The van der Waals surface area contributed by atoms with Crippen molar-refractivity contribution in [3.8, 4) is 0 Å². The van der Waals surface area contributed by atoms with Crippen LogP contribution in [0.2, 0.25) is 0 Å². The van der Waals surface area contributed by atoms with E-state index < -0.39 is 76.8 Å². The van der Waals surface area contributed by atoms with Crippen molar-refractivity contribution < 1.29 is 38.1 Å². The number of carbonyl (C=O) groups is 2. The number of aliphatic hydroxyl groups is 2. The number of ketones is 2. The Morgan fingerprint density at radius 2 is 2.02 bits per heavy atom. The first-order valence-corrected chi connectivity index (χ1v) is 15.4. The maximum absolute atomic E-state index is 17.5. The van der Waals surface area contributed by atoms with Gasteiger partial charge in [0.1, 0.15) is 12.8 Å². The summed E-state index contributed by atoms with van der Waals surface area (Å²) in [6.45, 7) is 2.48. The number of Topliss-reactive ketones (excluding diaryl/α,β-unsaturated/α-hetero) is 1. The van der Waals surface area contributed by atoms with Crippen LogP contribution in [0.25, 0.3) is 0 Å². The third-order valence-corrected chi connectivity index (χ3v) is 12.1. The summed E-state index contributed by atoms with van der Waals surface area (Å²) in [6.07, 6.45) is 2.52. The van der Waals surface area contributed by atoms with Gasteiger partial charge in [0.15, 0.2) is 29.1 Å². The highest BCUT2D eigenvalue weighted by molar-refractivity contribution is 7.12. The SMILES string of the molecule is C[C@]12C=CC(=O)C=C1[C@@H](F)C[C@H]1[C@@H]3C[C@H]4O[C@@H](c5ccc(Cc6cncc(N)c6)s5)O[C@@]4(C(=O)CO)[C@@]3(C)C[C@H](O)[C@@]12F. The molecule has 1 saturated heterocycles. The number of nitrogen functional groups attached to an aromatic ring is 1. The van der Waals surface area contributed by atoms with Crippen molar-refractivity contribution in [2.24, 2.45) is 22.7 Å². The average Bonchev–Trinajstić information content (AvgIpc) is 3.64. The molecule has 0 bridgehead atoms. The van der Waals surface area contributed by atoms with Crippen molar-refractivity contribution in [3.05, 3.63) is 69.7 Å². The lowest BCUT2D eigenvalue weighted by Gasteiger charge is -2.63. The highest BCUT2D eigenvalue weighted by Crippen LogP contribution is 2.72. The van der Waals surface area contributed by atoms with Crippen LogP contribution < -0.4 is 5.73 Å². The van der Waals surface area contributed by atoms with Crippen LogP contribution in [-0.4, -0.2) is 63.0 Å². The third kappa shape index (κ3) is 3.75. The minimum Gasteiger partial charge on any atom is -0.397 e. The maximum atomic E-state index is 17.5. The number of pyridine rings is 1. The Morgan fingerprint density at radius 1 is 1.23 bits per heavy atom. The fourth-order valence-corrected chi connectivity index (χ4v) is 10.1. The number of hydrogen-bond acceptors (Lipinski definition) is 9. The number of hydrogen-bond donors (Lipinski definition) is 3. The third-order valence-electron chi connectivity index (χ3n) is 11.0. The first kappa shape index (κ1) is 28.9. The Bertz CT molecular complexity index is 1580. The molecule has 8 nitrogen and oxygen atoms in total. The van der Waals surface area contributed by atoms with Crippen molar-refractivity contribution >= 4 is 28.6 Å². The molecule has 0 spiro atoms. The minimum absolute atomic E-state index is 0.0378. The molecular formula is C32H34F2N2O6S. The van der Waals surface area contributed by atoms with Gasteiger partial charge in [0.2, 0.25) is 0 Å². The summed E-state index contributed by atoms with van der Waals surface area (Å²) >= 11 is 1.45. The Hall–Kier alpha value is -2.83.